The molecule has 2 aliphatic rings. The molecule has 4 rings (SSSR count). The molecule has 7 nitrogen and oxygen atoms in total. The predicted octanol–water partition coefficient (Wildman–Crippen LogP) is 4.93. The number of aromatic nitrogens is 2. The quantitative estimate of drug-likeness (QED) is 0.652. The van der Waals surface area contributed by atoms with Crippen molar-refractivity contribution in [1.82, 2.24) is 14.9 Å². The van der Waals surface area contributed by atoms with Crippen LogP contribution >= 0.6 is 0 Å². The third-order valence-corrected chi connectivity index (χ3v) is 5.86. The Balaban J connectivity index is 1.27. The van der Waals surface area contributed by atoms with Gasteiger partial charge >= 0.3 is 6.03 Å². The molecule has 1 saturated heterocycles. The molecule has 1 aromatic heterocycles. The van der Waals surface area contributed by atoms with Crippen LogP contribution < -0.4 is 14.8 Å². The van der Waals surface area contributed by atoms with Gasteiger partial charge in [0.2, 0.25) is 5.88 Å². The molecule has 1 N–H and O–H groups in total. The molecule has 7 heteroatoms. The number of carbonyl (C=O) groups excluding carboxylic acids is 1. The third-order valence-electron chi connectivity index (χ3n) is 5.86. The van der Waals surface area contributed by atoms with E-state index < -0.39 is 0 Å². The summed E-state index contributed by atoms with van der Waals surface area (Å²) in [7, 11) is 1.53. The molecule has 1 aromatic carbocycles. The van der Waals surface area contributed by atoms with Gasteiger partial charge in [0.1, 0.15) is 5.75 Å². The molecular formula is C25H30N4O3. The van der Waals surface area contributed by atoms with E-state index in [0.29, 0.717) is 30.7 Å². The van der Waals surface area contributed by atoms with E-state index in [0.717, 1.165) is 43.6 Å². The van der Waals surface area contributed by atoms with Crippen LogP contribution in [-0.4, -0.2) is 47.7 Å². The number of nitrogens with one attached hydrogen (secondary N) is 1. The van der Waals surface area contributed by atoms with Gasteiger partial charge in [-0.1, -0.05) is 35.9 Å². The topological polar surface area (TPSA) is 76.6 Å². The highest BCUT2D eigenvalue weighted by Crippen LogP contribution is 2.24. The number of methoxy groups -OCH3 is 1. The molecule has 168 valence electrons. The summed E-state index contributed by atoms with van der Waals surface area (Å²) in [6.45, 7) is 2.12. The van der Waals surface area contributed by atoms with Crippen LogP contribution in [-0.2, 0) is 0 Å². The van der Waals surface area contributed by atoms with Gasteiger partial charge in [0.15, 0.2) is 5.82 Å². The number of carbonyl (C=O) groups is 1. The van der Waals surface area contributed by atoms with Crippen molar-refractivity contribution in [2.75, 3.05) is 32.1 Å². The summed E-state index contributed by atoms with van der Waals surface area (Å²) in [5.74, 6) is 2.36. The van der Waals surface area contributed by atoms with Crippen molar-refractivity contribution >= 4 is 17.9 Å². The minimum Gasteiger partial charge on any atom is -0.493 e. The van der Waals surface area contributed by atoms with Crippen molar-refractivity contribution in [3.63, 3.8) is 0 Å². The van der Waals surface area contributed by atoms with E-state index in [1.165, 1.54) is 31.5 Å². The van der Waals surface area contributed by atoms with Gasteiger partial charge in [-0.25, -0.2) is 14.8 Å². The van der Waals surface area contributed by atoms with E-state index in [4.69, 9.17) is 9.47 Å². The molecule has 1 unspecified atom stereocenters. The van der Waals surface area contributed by atoms with Crippen molar-refractivity contribution in [2.45, 2.75) is 32.1 Å². The molecule has 2 amide bonds. The number of hydrogen-bond donors (Lipinski definition) is 1. The lowest BCUT2D eigenvalue weighted by Gasteiger charge is -2.28. The van der Waals surface area contributed by atoms with Crippen LogP contribution in [0.5, 0.6) is 11.6 Å². The average molecular weight is 435 g/mol. The first-order chi connectivity index (χ1) is 15.7. The summed E-state index contributed by atoms with van der Waals surface area (Å²) in [6.07, 6.45) is 14.9. The molecule has 1 aliphatic heterocycles. The zero-order valence-corrected chi connectivity index (χ0v) is 18.5. The van der Waals surface area contributed by atoms with Gasteiger partial charge in [-0.2, -0.15) is 0 Å². The zero-order valence-electron chi connectivity index (χ0n) is 18.5. The minimum absolute atomic E-state index is 0.156. The Hall–Kier alpha value is -3.35. The molecule has 0 bridgehead atoms. The number of anilines is 1. The van der Waals surface area contributed by atoms with E-state index >= 15 is 0 Å². The van der Waals surface area contributed by atoms with Crippen LogP contribution in [0.3, 0.4) is 0 Å². The Morgan fingerprint density at radius 1 is 1.22 bits per heavy atom. The number of ether oxygens (including phenoxy) is 2. The van der Waals surface area contributed by atoms with Crippen molar-refractivity contribution in [3.8, 4) is 11.6 Å². The standard InChI is InChI=1S/C25H30N4O3/c1-31-24-17-26-23(16-27-24)28-25(30)29-12-10-19(11-13-29)14-21-8-5-9-22(15-21)32-18-20-6-3-2-4-7-20/h2-3,5,8-9,14-17,20H,4,6-7,10-13,18H2,1H3,(H,26,28,30). The van der Waals surface area contributed by atoms with Gasteiger partial charge in [-0.15, -0.1) is 0 Å². The summed E-state index contributed by atoms with van der Waals surface area (Å²) in [4.78, 5) is 22.5. The highest BCUT2D eigenvalue weighted by molar-refractivity contribution is 5.88. The van der Waals surface area contributed by atoms with Crippen LogP contribution in [0.15, 0.2) is 54.4 Å². The summed E-state index contributed by atoms with van der Waals surface area (Å²) in [5.41, 5.74) is 2.49. The SMILES string of the molecule is COc1cnc(NC(=O)N2CCC(=Cc3cccc(OCC4CC=CCC4)c3)CC2)cn1. The van der Waals surface area contributed by atoms with Crippen LogP contribution in [0.4, 0.5) is 10.6 Å². The molecule has 1 fully saturated rings. The first-order valence-corrected chi connectivity index (χ1v) is 11.2. The average Bonchev–Trinajstić information content (AvgIpc) is 2.84. The van der Waals surface area contributed by atoms with Crippen LogP contribution in [0.2, 0.25) is 0 Å². The lowest BCUT2D eigenvalue weighted by Crippen LogP contribution is -2.39. The van der Waals surface area contributed by atoms with E-state index in [-0.39, 0.29) is 6.03 Å². The van der Waals surface area contributed by atoms with Crippen molar-refractivity contribution < 1.29 is 14.3 Å². The van der Waals surface area contributed by atoms with E-state index in [2.05, 4.69) is 45.6 Å². The fourth-order valence-corrected chi connectivity index (χ4v) is 3.97. The second-order valence-electron chi connectivity index (χ2n) is 8.20. The lowest BCUT2D eigenvalue weighted by molar-refractivity contribution is 0.207. The van der Waals surface area contributed by atoms with Crippen LogP contribution in [0.25, 0.3) is 6.08 Å². The van der Waals surface area contributed by atoms with Gasteiger partial charge < -0.3 is 14.4 Å². The second-order valence-corrected chi connectivity index (χ2v) is 8.20. The number of hydrogen-bond acceptors (Lipinski definition) is 5. The molecule has 32 heavy (non-hydrogen) atoms. The number of allylic oxidation sites excluding steroid dienone is 2. The van der Waals surface area contributed by atoms with Gasteiger partial charge in [0, 0.05) is 13.1 Å². The monoisotopic (exact) mass is 434 g/mol. The molecule has 2 aromatic rings. The van der Waals surface area contributed by atoms with Crippen molar-refractivity contribution in [1.29, 1.82) is 0 Å². The first kappa shape index (κ1) is 21.9. The summed E-state index contributed by atoms with van der Waals surface area (Å²) in [6, 6.07) is 8.12. The van der Waals surface area contributed by atoms with Gasteiger partial charge in [-0.05, 0) is 55.7 Å². The molecule has 0 saturated carbocycles. The fourth-order valence-electron chi connectivity index (χ4n) is 3.97. The van der Waals surface area contributed by atoms with Crippen molar-refractivity contribution in [2.24, 2.45) is 5.92 Å². The van der Waals surface area contributed by atoms with Gasteiger partial charge in [0.05, 0.1) is 26.1 Å². The molecule has 1 aliphatic carbocycles. The zero-order chi connectivity index (χ0) is 22.2. The maximum atomic E-state index is 12.5. The van der Waals surface area contributed by atoms with Crippen molar-refractivity contribution in [3.05, 3.63) is 59.9 Å². The maximum absolute atomic E-state index is 12.5. The predicted molar refractivity (Wildman–Crippen MR) is 125 cm³/mol. The number of likely N-dealkylation sites (tertiary alicyclic amines) is 1. The number of amides is 2. The Morgan fingerprint density at radius 2 is 2.09 bits per heavy atom. The summed E-state index contributed by atoms with van der Waals surface area (Å²) >= 11 is 0. The minimum atomic E-state index is -0.156. The summed E-state index contributed by atoms with van der Waals surface area (Å²) in [5, 5.41) is 2.79. The Morgan fingerprint density at radius 3 is 2.81 bits per heavy atom. The van der Waals surface area contributed by atoms with Gasteiger partial charge in [-0.3, -0.25) is 5.32 Å². The fraction of sp³-hybridized carbons (Fsp3) is 0.400. The largest absolute Gasteiger partial charge is 0.493 e. The van der Waals surface area contributed by atoms with E-state index in [1.807, 2.05) is 12.1 Å². The smallest absolute Gasteiger partial charge is 0.323 e. The Labute approximate surface area is 189 Å². The number of piperidine rings is 1. The van der Waals surface area contributed by atoms with E-state index in [9.17, 15) is 4.79 Å². The van der Waals surface area contributed by atoms with Crippen LogP contribution in [0, 0.1) is 5.92 Å². The molecule has 0 spiro atoms. The third kappa shape index (κ3) is 6.09. The highest BCUT2D eigenvalue weighted by atomic mass is 16.5. The lowest BCUT2D eigenvalue weighted by atomic mass is 9.95. The maximum Gasteiger partial charge on any atom is 0.323 e. The first-order valence-electron chi connectivity index (χ1n) is 11.2. The number of rotatable bonds is 6. The second kappa shape index (κ2) is 10.8. The Bertz CT molecular complexity index is 961. The number of urea groups is 1. The number of benzene rings is 1. The molecule has 0 radical (unpaired) electrons. The number of nitrogens with zero attached hydrogens (tertiary/aromatic N) is 3. The molecule has 1 atom stereocenters. The molecule has 2 heterocycles. The van der Waals surface area contributed by atoms with Gasteiger partial charge in [0.25, 0.3) is 0 Å². The summed E-state index contributed by atoms with van der Waals surface area (Å²) < 4.78 is 11.0. The highest BCUT2D eigenvalue weighted by Gasteiger charge is 2.19. The molecular weight excluding hydrogens is 404 g/mol. The van der Waals surface area contributed by atoms with Crippen LogP contribution in [0.1, 0.15) is 37.7 Å². The van der Waals surface area contributed by atoms with E-state index in [1.54, 1.807) is 4.90 Å². The Kier molecular flexibility index (Phi) is 7.38. The normalized spacial score (nSPS) is 18.2.